The number of phenols is 1. The van der Waals surface area contributed by atoms with E-state index in [4.69, 9.17) is 14.1 Å². The molecule has 0 bridgehead atoms. The molecule has 0 fully saturated rings. The van der Waals surface area contributed by atoms with E-state index < -0.39 is 6.85 Å². The number of phenolic OH excluding ortho intramolecular Hbond substituents is 1. The van der Waals surface area contributed by atoms with Crippen molar-refractivity contribution in [2.24, 2.45) is 0 Å². The van der Waals surface area contributed by atoms with Crippen LogP contribution in [0.2, 0.25) is 0 Å². The molecule has 0 saturated heterocycles. The van der Waals surface area contributed by atoms with Crippen molar-refractivity contribution < 1.29 is 30.3 Å². The number of benzene rings is 6. The number of aromatic hydroxyl groups is 1. The zero-order valence-electron chi connectivity index (χ0n) is 32.3. The van der Waals surface area contributed by atoms with Gasteiger partial charge >= 0.3 is 0 Å². The number of aryl methyl sites for hydroxylation is 5. The van der Waals surface area contributed by atoms with E-state index in [1.165, 1.54) is 5.56 Å². The van der Waals surface area contributed by atoms with Crippen LogP contribution in [0.5, 0.6) is 5.75 Å². The number of hydrogen-bond donors (Lipinski definition) is 1. The van der Waals surface area contributed by atoms with E-state index in [0.717, 1.165) is 78.0 Å². The molecule has 2 aromatic heterocycles. The number of aromatic nitrogens is 3. The summed E-state index contributed by atoms with van der Waals surface area (Å²) in [5.41, 5.74) is 14.5. The van der Waals surface area contributed by atoms with Gasteiger partial charge in [0.05, 0.1) is 22.3 Å². The molecule has 0 radical (unpaired) electrons. The van der Waals surface area contributed by atoms with Gasteiger partial charge in [-0.25, -0.2) is 4.98 Å². The second-order valence-electron chi connectivity index (χ2n) is 13.3. The first kappa shape index (κ1) is 31.2. The van der Waals surface area contributed by atoms with Crippen LogP contribution in [0.4, 0.5) is 0 Å². The van der Waals surface area contributed by atoms with Crippen LogP contribution in [0, 0.1) is 40.6 Å². The number of nitrogens with zero attached hydrogens (tertiary/aromatic N) is 3. The Labute approximate surface area is 324 Å². The van der Waals surface area contributed by atoms with E-state index in [1.54, 1.807) is 12.1 Å². The Hall–Kier alpha value is -5.57. The van der Waals surface area contributed by atoms with Gasteiger partial charge in [-0.05, 0) is 92.2 Å². The van der Waals surface area contributed by atoms with Crippen LogP contribution in [0.1, 0.15) is 31.9 Å². The largest absolute Gasteiger partial charge is 0.507 e. The van der Waals surface area contributed by atoms with Crippen LogP contribution < -0.4 is 0 Å². The van der Waals surface area contributed by atoms with Crippen molar-refractivity contribution in [2.45, 2.75) is 34.5 Å². The Balaban J connectivity index is 0.00000465. The van der Waals surface area contributed by atoms with Crippen LogP contribution in [-0.2, 0) is 21.1 Å². The number of hydrogen-bond acceptors (Lipinski definition) is 3. The quantitative estimate of drug-likeness (QED) is 0.170. The second kappa shape index (κ2) is 14.2. The van der Waals surface area contributed by atoms with Crippen molar-refractivity contribution >= 4 is 11.0 Å². The van der Waals surface area contributed by atoms with Crippen LogP contribution in [0.3, 0.4) is 0 Å². The fourth-order valence-corrected chi connectivity index (χ4v) is 6.93. The van der Waals surface area contributed by atoms with Crippen molar-refractivity contribution in [2.75, 3.05) is 0 Å². The SMILES string of the molecule is [2H]C([2H])([2H])c1ccc(-n2c(-c3cc(C)cc(C)c3O)nc3c(-c4[c-]c(-c5cc(-c6ccc(C)cc6)ccn5)cc(-c5ccccc5)c4)cccc32)c(C)c1.[Pt]. The van der Waals surface area contributed by atoms with Crippen LogP contribution in [-0.4, -0.2) is 19.6 Å². The zero-order chi connectivity index (χ0) is 37.7. The smallest absolute Gasteiger partial charge is 0.148 e. The molecule has 8 rings (SSSR count). The number of imidazole rings is 1. The molecule has 0 atom stereocenters. The van der Waals surface area contributed by atoms with Crippen molar-refractivity contribution in [1.29, 1.82) is 0 Å². The van der Waals surface area contributed by atoms with E-state index >= 15 is 0 Å². The Kier molecular flexibility index (Phi) is 8.52. The standard InChI is InChI=1S/C47H38N3O.Pt/c1-29-14-17-35(18-15-29)36-20-21-48-42(28-36)39-26-37(34-10-7-6-8-11-34)25-38(27-39)40-12-9-13-44-45(40)49-47(41-24-31(3)23-33(5)46(41)51)50(44)43-19-16-30(2)22-32(43)4;/h6-26,28,51H,1-5H3;/q-1;/i2D3;. The van der Waals surface area contributed by atoms with E-state index in [1.807, 2.05) is 86.1 Å². The molecule has 1 N–H and O–H groups in total. The monoisotopic (exact) mass is 858 g/mol. The molecular weight excluding hydrogens is 818 g/mol. The number of fused-ring (bicyclic) bond motifs is 1. The van der Waals surface area contributed by atoms with Crippen molar-refractivity contribution in [3.05, 3.63) is 167 Å². The van der Waals surface area contributed by atoms with Gasteiger partial charge in [0.1, 0.15) is 11.6 Å². The third-order valence-electron chi connectivity index (χ3n) is 9.50. The molecule has 4 nitrogen and oxygen atoms in total. The molecule has 5 heteroatoms. The predicted octanol–water partition coefficient (Wildman–Crippen LogP) is 11.8. The van der Waals surface area contributed by atoms with Gasteiger partial charge in [0.25, 0.3) is 0 Å². The normalized spacial score (nSPS) is 12.2. The molecule has 0 aliphatic heterocycles. The third kappa shape index (κ3) is 6.51. The molecule has 0 saturated carbocycles. The minimum atomic E-state index is -2.24. The van der Waals surface area contributed by atoms with E-state index in [0.29, 0.717) is 11.4 Å². The summed E-state index contributed by atoms with van der Waals surface area (Å²) in [6.45, 7) is 5.63. The summed E-state index contributed by atoms with van der Waals surface area (Å²) in [7, 11) is 0. The first-order chi connectivity index (χ1) is 25.9. The molecule has 0 unspecified atom stereocenters. The molecule has 0 aliphatic rings. The van der Waals surface area contributed by atoms with Gasteiger partial charge < -0.3 is 5.11 Å². The van der Waals surface area contributed by atoms with E-state index in [-0.39, 0.29) is 32.4 Å². The summed E-state index contributed by atoms with van der Waals surface area (Å²) in [6.07, 6.45) is 1.85. The molecule has 258 valence electrons. The van der Waals surface area contributed by atoms with E-state index in [9.17, 15) is 5.11 Å². The summed E-state index contributed by atoms with van der Waals surface area (Å²) in [6, 6.07) is 46.0. The maximum Gasteiger partial charge on any atom is 0.148 e. The van der Waals surface area contributed by atoms with Gasteiger partial charge in [-0.2, -0.15) is 0 Å². The average molecular weight is 859 g/mol. The number of pyridine rings is 1. The van der Waals surface area contributed by atoms with Gasteiger partial charge in [-0.15, -0.1) is 23.8 Å². The fraction of sp³-hybridized carbons (Fsp3) is 0.106. The van der Waals surface area contributed by atoms with Crippen LogP contribution in [0.15, 0.2) is 134 Å². The van der Waals surface area contributed by atoms with Gasteiger partial charge in [0, 0.05) is 37.1 Å². The molecule has 0 aliphatic carbocycles. The van der Waals surface area contributed by atoms with Gasteiger partial charge in [-0.1, -0.05) is 119 Å². The Morgan fingerprint density at radius 3 is 2.12 bits per heavy atom. The summed E-state index contributed by atoms with van der Waals surface area (Å²) in [5.74, 6) is 0.702. The summed E-state index contributed by atoms with van der Waals surface area (Å²) in [4.78, 5) is 10.1. The van der Waals surface area contributed by atoms with E-state index in [2.05, 4.69) is 73.7 Å². The molecular formula is C47H38N3OPt-. The summed E-state index contributed by atoms with van der Waals surface area (Å²) in [5, 5.41) is 11.5. The van der Waals surface area contributed by atoms with Gasteiger partial charge in [-0.3, -0.25) is 9.55 Å². The molecule has 0 spiro atoms. The average Bonchev–Trinajstić information content (AvgIpc) is 3.55. The molecule has 8 aromatic rings. The maximum atomic E-state index is 11.5. The first-order valence-corrected chi connectivity index (χ1v) is 17.0. The summed E-state index contributed by atoms with van der Waals surface area (Å²) < 4.78 is 26.1. The minimum absolute atomic E-state index is 0. The topological polar surface area (TPSA) is 50.9 Å². The number of rotatable bonds is 6. The first-order valence-electron chi connectivity index (χ1n) is 18.5. The second-order valence-corrected chi connectivity index (χ2v) is 13.3. The molecule has 2 heterocycles. The van der Waals surface area contributed by atoms with Crippen molar-refractivity contribution in [3.63, 3.8) is 0 Å². The molecule has 6 aromatic carbocycles. The minimum Gasteiger partial charge on any atom is -0.507 e. The summed E-state index contributed by atoms with van der Waals surface area (Å²) >= 11 is 0. The van der Waals surface area contributed by atoms with Crippen LogP contribution in [0.25, 0.3) is 72.7 Å². The Bertz CT molecular complexity index is 2700. The van der Waals surface area contributed by atoms with Gasteiger partial charge in [0.15, 0.2) is 0 Å². The zero-order valence-corrected chi connectivity index (χ0v) is 31.6. The van der Waals surface area contributed by atoms with Crippen molar-refractivity contribution in [3.8, 4) is 67.5 Å². The van der Waals surface area contributed by atoms with Gasteiger partial charge in [0.2, 0.25) is 0 Å². The van der Waals surface area contributed by atoms with Crippen LogP contribution >= 0.6 is 0 Å². The molecule has 52 heavy (non-hydrogen) atoms. The Morgan fingerprint density at radius 2 is 1.35 bits per heavy atom. The third-order valence-corrected chi connectivity index (χ3v) is 9.50. The fourth-order valence-electron chi connectivity index (χ4n) is 6.93. The number of para-hydroxylation sites is 1. The predicted molar refractivity (Wildman–Crippen MR) is 210 cm³/mol. The Morgan fingerprint density at radius 1 is 0.615 bits per heavy atom. The van der Waals surface area contributed by atoms with Crippen molar-refractivity contribution in [1.82, 2.24) is 14.5 Å². The maximum absolute atomic E-state index is 11.5. The molecule has 0 amide bonds.